The summed E-state index contributed by atoms with van der Waals surface area (Å²) in [7, 11) is 0. The van der Waals surface area contributed by atoms with E-state index >= 15 is 0 Å². The SMILES string of the molecule is CCCCC(=O)N1CCC(C(=O)Nc2ccc(Cl)cc2C(F)(F)F)CC1. The van der Waals surface area contributed by atoms with Crippen molar-refractivity contribution < 1.29 is 22.8 Å². The number of halogens is 4. The molecule has 0 radical (unpaired) electrons. The average molecular weight is 391 g/mol. The minimum atomic E-state index is -4.61. The van der Waals surface area contributed by atoms with Crippen molar-refractivity contribution in [1.82, 2.24) is 4.90 Å². The number of nitrogens with zero attached hydrogens (tertiary/aromatic N) is 1. The van der Waals surface area contributed by atoms with Crippen LogP contribution in [0, 0.1) is 5.92 Å². The quantitative estimate of drug-likeness (QED) is 0.790. The normalized spacial score (nSPS) is 15.8. The van der Waals surface area contributed by atoms with Crippen LogP contribution in [0.2, 0.25) is 5.02 Å². The van der Waals surface area contributed by atoms with Gasteiger partial charge < -0.3 is 10.2 Å². The first kappa shape index (κ1) is 20.6. The van der Waals surface area contributed by atoms with Gasteiger partial charge in [0.15, 0.2) is 0 Å². The van der Waals surface area contributed by atoms with Gasteiger partial charge in [-0.3, -0.25) is 9.59 Å². The lowest BCUT2D eigenvalue weighted by Gasteiger charge is -2.31. The van der Waals surface area contributed by atoms with E-state index in [0.717, 1.165) is 25.0 Å². The van der Waals surface area contributed by atoms with Crippen LogP contribution in [0.3, 0.4) is 0 Å². The Morgan fingerprint density at radius 3 is 2.50 bits per heavy atom. The number of carbonyl (C=O) groups is 2. The van der Waals surface area contributed by atoms with Crippen molar-refractivity contribution in [2.75, 3.05) is 18.4 Å². The predicted molar refractivity (Wildman–Crippen MR) is 93.9 cm³/mol. The monoisotopic (exact) mass is 390 g/mol. The number of likely N-dealkylation sites (tertiary alicyclic amines) is 1. The van der Waals surface area contributed by atoms with Gasteiger partial charge in [0.05, 0.1) is 11.3 Å². The van der Waals surface area contributed by atoms with E-state index in [2.05, 4.69) is 5.32 Å². The summed E-state index contributed by atoms with van der Waals surface area (Å²) in [6.07, 6.45) is -1.46. The number of hydrogen-bond acceptors (Lipinski definition) is 2. The molecule has 0 unspecified atom stereocenters. The molecule has 0 spiro atoms. The lowest BCUT2D eigenvalue weighted by molar-refractivity contribution is -0.137. The zero-order valence-electron chi connectivity index (χ0n) is 14.5. The summed E-state index contributed by atoms with van der Waals surface area (Å²) in [5, 5.41) is 2.32. The van der Waals surface area contributed by atoms with Crippen LogP contribution in [-0.4, -0.2) is 29.8 Å². The maximum atomic E-state index is 13.1. The molecule has 1 saturated heterocycles. The third-order valence-electron chi connectivity index (χ3n) is 4.51. The number of rotatable bonds is 5. The zero-order valence-corrected chi connectivity index (χ0v) is 15.3. The number of anilines is 1. The molecular weight excluding hydrogens is 369 g/mol. The van der Waals surface area contributed by atoms with E-state index in [1.54, 1.807) is 4.90 Å². The van der Waals surface area contributed by atoms with Gasteiger partial charge in [-0.1, -0.05) is 24.9 Å². The Hall–Kier alpha value is -1.76. The van der Waals surface area contributed by atoms with Crippen molar-refractivity contribution in [1.29, 1.82) is 0 Å². The second-order valence-corrected chi connectivity index (χ2v) is 6.87. The van der Waals surface area contributed by atoms with E-state index in [4.69, 9.17) is 11.6 Å². The van der Waals surface area contributed by atoms with E-state index in [9.17, 15) is 22.8 Å². The van der Waals surface area contributed by atoms with Crippen molar-refractivity contribution in [2.45, 2.75) is 45.2 Å². The highest BCUT2D eigenvalue weighted by atomic mass is 35.5. The first-order chi connectivity index (χ1) is 12.2. The molecular formula is C18H22ClF3N2O2. The fourth-order valence-electron chi connectivity index (χ4n) is 2.97. The molecule has 144 valence electrons. The fraction of sp³-hybridized carbons (Fsp3) is 0.556. The first-order valence-electron chi connectivity index (χ1n) is 8.67. The molecule has 1 aliphatic heterocycles. The van der Waals surface area contributed by atoms with E-state index in [0.29, 0.717) is 32.4 Å². The van der Waals surface area contributed by atoms with Crippen molar-refractivity contribution in [3.63, 3.8) is 0 Å². The molecule has 0 atom stereocenters. The van der Waals surface area contributed by atoms with Crippen LogP contribution in [0.25, 0.3) is 0 Å². The molecule has 1 fully saturated rings. The Labute approximate surface area is 155 Å². The van der Waals surface area contributed by atoms with Gasteiger partial charge in [-0.15, -0.1) is 0 Å². The number of amides is 2. The minimum Gasteiger partial charge on any atom is -0.343 e. The summed E-state index contributed by atoms with van der Waals surface area (Å²) < 4.78 is 39.3. The summed E-state index contributed by atoms with van der Waals surface area (Å²) in [6, 6.07) is 3.26. The highest BCUT2D eigenvalue weighted by molar-refractivity contribution is 6.30. The maximum Gasteiger partial charge on any atom is 0.418 e. The molecule has 1 N–H and O–H groups in total. The summed E-state index contributed by atoms with van der Waals surface area (Å²) >= 11 is 5.64. The van der Waals surface area contributed by atoms with Gasteiger partial charge in [-0.05, 0) is 37.5 Å². The summed E-state index contributed by atoms with van der Waals surface area (Å²) in [5.41, 5.74) is -1.26. The lowest BCUT2D eigenvalue weighted by Crippen LogP contribution is -2.41. The fourth-order valence-corrected chi connectivity index (χ4v) is 3.14. The van der Waals surface area contributed by atoms with Gasteiger partial charge in [-0.2, -0.15) is 13.2 Å². The van der Waals surface area contributed by atoms with Crippen molar-refractivity contribution in [3.8, 4) is 0 Å². The summed E-state index contributed by atoms with van der Waals surface area (Å²) in [5.74, 6) is -0.803. The number of piperidine rings is 1. The van der Waals surface area contributed by atoms with Gasteiger partial charge in [0.25, 0.3) is 0 Å². The number of nitrogens with one attached hydrogen (secondary N) is 1. The molecule has 1 aromatic carbocycles. The van der Waals surface area contributed by atoms with E-state index in [1.165, 1.54) is 6.07 Å². The van der Waals surface area contributed by atoms with Gasteiger partial charge in [0, 0.05) is 30.5 Å². The maximum absolute atomic E-state index is 13.1. The third kappa shape index (κ3) is 5.37. The zero-order chi connectivity index (χ0) is 19.3. The highest BCUT2D eigenvalue weighted by Crippen LogP contribution is 2.37. The molecule has 2 rings (SSSR count). The molecule has 0 aliphatic carbocycles. The molecule has 0 aromatic heterocycles. The first-order valence-corrected chi connectivity index (χ1v) is 9.05. The van der Waals surface area contributed by atoms with Crippen LogP contribution in [0.15, 0.2) is 18.2 Å². The largest absolute Gasteiger partial charge is 0.418 e. The summed E-state index contributed by atoms with van der Waals surface area (Å²) in [4.78, 5) is 26.1. The Morgan fingerprint density at radius 1 is 1.27 bits per heavy atom. The second kappa shape index (κ2) is 8.75. The van der Waals surface area contributed by atoms with Crippen LogP contribution in [0.5, 0.6) is 0 Å². The van der Waals surface area contributed by atoms with Crippen LogP contribution in [-0.2, 0) is 15.8 Å². The predicted octanol–water partition coefficient (Wildman–Crippen LogP) is 4.73. The number of benzene rings is 1. The van der Waals surface area contributed by atoms with E-state index in [1.807, 2.05) is 6.92 Å². The Kier molecular flexibility index (Phi) is 6.92. The minimum absolute atomic E-state index is 0.0470. The van der Waals surface area contributed by atoms with Gasteiger partial charge in [0.2, 0.25) is 11.8 Å². The van der Waals surface area contributed by atoms with Crippen LogP contribution in [0.1, 0.15) is 44.6 Å². The molecule has 1 heterocycles. The molecule has 4 nitrogen and oxygen atoms in total. The van der Waals surface area contributed by atoms with Gasteiger partial charge in [-0.25, -0.2) is 0 Å². The smallest absolute Gasteiger partial charge is 0.343 e. The number of hydrogen-bond donors (Lipinski definition) is 1. The summed E-state index contributed by atoms with van der Waals surface area (Å²) in [6.45, 7) is 2.91. The van der Waals surface area contributed by atoms with Gasteiger partial charge in [0.1, 0.15) is 0 Å². The van der Waals surface area contributed by atoms with E-state index in [-0.39, 0.29) is 16.6 Å². The molecule has 1 aliphatic rings. The third-order valence-corrected chi connectivity index (χ3v) is 4.74. The number of carbonyl (C=O) groups excluding carboxylic acids is 2. The van der Waals surface area contributed by atoms with Crippen molar-refractivity contribution in [3.05, 3.63) is 28.8 Å². The molecule has 0 saturated carbocycles. The average Bonchev–Trinajstić information content (AvgIpc) is 2.60. The second-order valence-electron chi connectivity index (χ2n) is 6.44. The Morgan fingerprint density at radius 2 is 1.92 bits per heavy atom. The highest BCUT2D eigenvalue weighted by Gasteiger charge is 2.35. The van der Waals surface area contributed by atoms with Crippen molar-refractivity contribution >= 4 is 29.1 Å². The molecule has 0 bridgehead atoms. The standard InChI is InChI=1S/C18H22ClF3N2O2/c1-2-3-4-16(25)24-9-7-12(8-10-24)17(26)23-15-6-5-13(19)11-14(15)18(20,21)22/h5-6,11-12H,2-4,7-10H2,1H3,(H,23,26). The Balaban J connectivity index is 1.97. The molecule has 8 heteroatoms. The lowest BCUT2D eigenvalue weighted by atomic mass is 9.95. The Bertz CT molecular complexity index is 656. The van der Waals surface area contributed by atoms with Gasteiger partial charge >= 0.3 is 6.18 Å². The molecule has 2 amide bonds. The number of alkyl halides is 3. The molecule has 26 heavy (non-hydrogen) atoms. The van der Waals surface area contributed by atoms with E-state index < -0.39 is 23.6 Å². The topological polar surface area (TPSA) is 49.4 Å². The number of unbranched alkanes of at least 4 members (excludes halogenated alkanes) is 1. The van der Waals surface area contributed by atoms with Crippen LogP contribution >= 0.6 is 11.6 Å². The van der Waals surface area contributed by atoms with Crippen molar-refractivity contribution in [2.24, 2.45) is 5.92 Å². The molecule has 1 aromatic rings. The van der Waals surface area contributed by atoms with Crippen LogP contribution < -0.4 is 5.32 Å². The van der Waals surface area contributed by atoms with Crippen LogP contribution in [0.4, 0.5) is 18.9 Å².